The molecule has 0 aliphatic heterocycles. The van der Waals surface area contributed by atoms with E-state index in [2.05, 4.69) is 203 Å². The molecule has 2 unspecified atom stereocenters. The van der Waals surface area contributed by atoms with Gasteiger partial charge in [-0.1, -0.05) is 171 Å². The summed E-state index contributed by atoms with van der Waals surface area (Å²) in [5.74, 6) is -0.849. The van der Waals surface area contributed by atoms with Crippen LogP contribution in [0.25, 0.3) is 83.4 Å². The number of rotatable bonds is 12. The molecule has 12 aromatic rings. The lowest BCUT2D eigenvalue weighted by molar-refractivity contribution is -0.139. The summed E-state index contributed by atoms with van der Waals surface area (Å²) in [6, 6.07) is 64.8. The number of hydrogen-bond acceptors (Lipinski definition) is 6. The molecule has 0 aliphatic rings. The summed E-state index contributed by atoms with van der Waals surface area (Å²) >= 11 is 9.49. The van der Waals surface area contributed by atoms with Crippen LogP contribution in [-0.2, 0) is 44.7 Å². The Morgan fingerprint density at radius 2 is 0.833 bits per heavy atom. The zero-order valence-corrected chi connectivity index (χ0v) is 44.5. The van der Waals surface area contributed by atoms with Gasteiger partial charge in [0, 0.05) is 63.6 Å². The highest BCUT2D eigenvalue weighted by atomic mass is 127. The third-order valence-corrected chi connectivity index (χ3v) is 17.6. The number of aryl methyl sites for hydroxylation is 4. The van der Waals surface area contributed by atoms with Crippen LogP contribution in [0.2, 0.25) is 0 Å². The van der Waals surface area contributed by atoms with Crippen molar-refractivity contribution in [1.82, 2.24) is 0 Å². The van der Waals surface area contributed by atoms with Gasteiger partial charge in [-0.25, -0.2) is 9.59 Å². The Morgan fingerprint density at radius 1 is 0.458 bits per heavy atom. The Morgan fingerprint density at radius 3 is 1.32 bits per heavy atom. The monoisotopic (exact) mass is 1150 g/mol. The number of ether oxygens (including phenoxy) is 2. The van der Waals surface area contributed by atoms with Crippen molar-refractivity contribution in [2.24, 2.45) is 0 Å². The third kappa shape index (κ3) is 9.22. The van der Waals surface area contributed by atoms with Gasteiger partial charge in [-0.15, -0.1) is 22.7 Å². The maximum absolute atomic E-state index is 11.8. The van der Waals surface area contributed by atoms with Gasteiger partial charge in [0.1, 0.15) is 0 Å². The Balaban J connectivity index is 0.000000156. The second kappa shape index (κ2) is 20.8. The van der Waals surface area contributed by atoms with Crippen LogP contribution < -0.4 is 0 Å². The summed E-state index contributed by atoms with van der Waals surface area (Å²) in [6.07, 6.45) is 5.90. The molecule has 352 valence electrons. The minimum Gasteiger partial charge on any atom is -0.444 e. The molecule has 72 heavy (non-hydrogen) atoms. The van der Waals surface area contributed by atoms with E-state index < -0.39 is 17.0 Å². The van der Waals surface area contributed by atoms with Crippen molar-refractivity contribution in [3.05, 3.63) is 241 Å². The molecule has 10 aromatic carbocycles. The van der Waals surface area contributed by atoms with Gasteiger partial charge in [-0.3, -0.25) is 0 Å². The number of fused-ring (bicyclic) bond motifs is 14. The second-order valence-electron chi connectivity index (χ2n) is 17.8. The molecule has 0 aliphatic carbocycles. The van der Waals surface area contributed by atoms with Gasteiger partial charge in [0.15, 0.2) is 9.12 Å². The first kappa shape index (κ1) is 47.6. The van der Waals surface area contributed by atoms with E-state index in [1.54, 1.807) is 0 Å². The quantitative estimate of drug-likeness (QED) is 0.0529. The molecule has 2 heterocycles. The van der Waals surface area contributed by atoms with Crippen molar-refractivity contribution in [3.8, 4) is 0 Å². The Labute approximate surface area is 447 Å². The predicted molar refractivity (Wildman–Crippen MR) is 317 cm³/mol. The average molecular weight is 1150 g/mol. The lowest BCUT2D eigenvalue weighted by Gasteiger charge is -2.15. The largest absolute Gasteiger partial charge is 0.444 e. The normalized spacial score (nSPS) is 12.4. The molecule has 0 fully saturated rings. The van der Waals surface area contributed by atoms with Crippen LogP contribution in [0.15, 0.2) is 207 Å². The van der Waals surface area contributed by atoms with E-state index in [1.807, 2.05) is 53.0 Å². The van der Waals surface area contributed by atoms with E-state index in [4.69, 9.17) is 9.47 Å². The first-order chi connectivity index (χ1) is 35.3. The number of alkyl halides is 2. The topological polar surface area (TPSA) is 52.6 Å². The van der Waals surface area contributed by atoms with Gasteiger partial charge in [0.25, 0.3) is 0 Å². The van der Waals surface area contributed by atoms with Crippen LogP contribution in [0.5, 0.6) is 0 Å². The number of carbonyl (C=O) groups excluding carboxylic acids is 2. The van der Waals surface area contributed by atoms with E-state index in [0.717, 1.165) is 42.4 Å². The maximum atomic E-state index is 11.8. The van der Waals surface area contributed by atoms with E-state index in [-0.39, 0.29) is 4.11 Å². The molecule has 0 amide bonds. The smallest absolute Gasteiger partial charge is 0.331 e. The van der Waals surface area contributed by atoms with Gasteiger partial charge in [0.05, 0.1) is 0 Å². The van der Waals surface area contributed by atoms with Crippen molar-refractivity contribution >= 4 is 157 Å². The third-order valence-electron chi connectivity index (χ3n) is 13.6. The molecule has 0 bridgehead atoms. The van der Waals surface area contributed by atoms with Crippen LogP contribution >= 0.6 is 61.2 Å². The summed E-state index contributed by atoms with van der Waals surface area (Å²) < 4.78 is 16.0. The van der Waals surface area contributed by atoms with Crippen molar-refractivity contribution in [2.45, 2.75) is 34.8 Å². The van der Waals surface area contributed by atoms with Crippen molar-refractivity contribution in [1.29, 1.82) is 0 Å². The molecule has 2 atom stereocenters. The first-order valence-electron chi connectivity index (χ1n) is 23.9. The van der Waals surface area contributed by atoms with Crippen molar-refractivity contribution < 1.29 is 19.1 Å². The SMILES string of the molecule is C=CC(=O)OC(Br)c1ccccc1CCc1cc2ccccc2c2c1sc1ccc3ccccc3c12.C=CC(=O)OC(I)c1ccccc1CCc1cc2ccccc2c2c1sc1ccc3ccccc3c12. The van der Waals surface area contributed by atoms with Crippen LogP contribution in [0, 0.1) is 0 Å². The van der Waals surface area contributed by atoms with Gasteiger partial charge in [-0.2, -0.15) is 0 Å². The van der Waals surface area contributed by atoms with Gasteiger partial charge in [0.2, 0.25) is 0 Å². The van der Waals surface area contributed by atoms with Crippen molar-refractivity contribution in [2.75, 3.05) is 0 Å². The number of benzene rings is 10. The summed E-state index contributed by atoms with van der Waals surface area (Å²) in [7, 11) is 0. The van der Waals surface area contributed by atoms with Crippen LogP contribution in [0.3, 0.4) is 0 Å². The van der Waals surface area contributed by atoms with Crippen LogP contribution in [-0.4, -0.2) is 11.9 Å². The number of esters is 2. The fourth-order valence-electron chi connectivity index (χ4n) is 10.2. The fourth-order valence-corrected chi connectivity index (χ4v) is 14.3. The molecular weight excluding hydrogens is 1100 g/mol. The molecule has 0 spiro atoms. The van der Waals surface area contributed by atoms with Crippen LogP contribution in [0.1, 0.15) is 42.5 Å². The highest BCUT2D eigenvalue weighted by Crippen LogP contribution is 2.46. The zero-order valence-electron chi connectivity index (χ0n) is 39.1. The molecule has 4 nitrogen and oxygen atoms in total. The van der Waals surface area contributed by atoms with E-state index in [1.165, 1.54) is 112 Å². The molecule has 0 radical (unpaired) electrons. The molecule has 0 saturated heterocycles. The maximum Gasteiger partial charge on any atom is 0.331 e. The number of carbonyl (C=O) groups is 2. The van der Waals surface area contributed by atoms with Gasteiger partial charge in [-0.05, 0) is 154 Å². The fraction of sp³-hybridized carbons (Fsp3) is 0.0938. The minimum atomic E-state index is -0.508. The summed E-state index contributed by atoms with van der Waals surface area (Å²) in [6.45, 7) is 7.02. The Kier molecular flexibility index (Phi) is 13.8. The predicted octanol–water partition coefficient (Wildman–Crippen LogP) is 18.6. The summed E-state index contributed by atoms with van der Waals surface area (Å²) in [4.78, 5) is 23.6. The minimum absolute atomic E-state index is 0.350. The second-order valence-corrected chi connectivity index (χ2v) is 21.8. The number of thiophene rings is 2. The molecule has 0 N–H and O–H groups in total. The standard InChI is InChI=1S/C32H23BrO2S.C32H23IO2S/c2*1-2-28(34)35-32(33)26-14-8-4-10-21(26)15-16-23-19-22-11-5-7-13-25(22)30-29-24-12-6-3-9-20(24)17-18-27(29)36-31(23)30/h2*2-14,17-19,32H,1,15-16H2. The molecular formula is C64H46BrIO4S2. The van der Waals surface area contributed by atoms with E-state index >= 15 is 0 Å². The number of hydrogen-bond donors (Lipinski definition) is 0. The summed E-state index contributed by atoms with van der Waals surface area (Å²) in [5, 5.41) is 15.2. The first-order valence-corrected chi connectivity index (χ1v) is 27.7. The van der Waals surface area contributed by atoms with Crippen molar-refractivity contribution in [3.63, 3.8) is 0 Å². The zero-order chi connectivity index (χ0) is 49.3. The lowest BCUT2D eigenvalue weighted by atomic mass is 9.94. The molecule has 12 rings (SSSR count). The van der Waals surface area contributed by atoms with E-state index in [0.29, 0.717) is 0 Å². The Bertz CT molecular complexity index is 3830. The Hall–Kier alpha value is -6.69. The highest BCUT2D eigenvalue weighted by molar-refractivity contribution is 14.1. The molecule has 8 heteroatoms. The summed E-state index contributed by atoms with van der Waals surface area (Å²) in [5.41, 5.74) is 7.06. The van der Waals surface area contributed by atoms with Gasteiger partial charge >= 0.3 is 11.9 Å². The molecule has 0 saturated carbocycles. The lowest BCUT2D eigenvalue weighted by Crippen LogP contribution is -2.06. The highest BCUT2D eigenvalue weighted by Gasteiger charge is 2.21. The van der Waals surface area contributed by atoms with Crippen LogP contribution in [0.4, 0.5) is 0 Å². The van der Waals surface area contributed by atoms with E-state index in [9.17, 15) is 9.59 Å². The van der Waals surface area contributed by atoms with Gasteiger partial charge < -0.3 is 9.47 Å². The average Bonchev–Trinajstić information content (AvgIpc) is 4.03. The molecule has 2 aromatic heterocycles. The number of halogens is 2.